The number of nitrogens with one attached hydrogen (secondary N) is 1. The average molecular weight is 384 g/mol. The van der Waals surface area contributed by atoms with Gasteiger partial charge >= 0.3 is 5.97 Å². The predicted octanol–water partition coefficient (Wildman–Crippen LogP) is 1.95. The van der Waals surface area contributed by atoms with Crippen molar-refractivity contribution in [1.82, 2.24) is 0 Å². The van der Waals surface area contributed by atoms with Crippen molar-refractivity contribution in [3.8, 4) is 0 Å². The van der Waals surface area contributed by atoms with Crippen LogP contribution in [-0.2, 0) is 19.1 Å². The van der Waals surface area contributed by atoms with Crippen LogP contribution < -0.4 is 5.32 Å². The third-order valence-electron chi connectivity index (χ3n) is 4.50. The number of anilines is 1. The molecule has 0 spiro atoms. The third kappa shape index (κ3) is 5.53. The highest BCUT2D eigenvalue weighted by atomic mass is 19.1. The number of rotatable bonds is 7. The lowest BCUT2D eigenvalue weighted by Crippen LogP contribution is -2.28. The van der Waals surface area contributed by atoms with Crippen LogP contribution in [0.5, 0.6) is 0 Å². The minimum Gasteiger partial charge on any atom is -0.456 e. The van der Waals surface area contributed by atoms with Gasteiger partial charge in [-0.25, -0.2) is 8.78 Å². The summed E-state index contributed by atoms with van der Waals surface area (Å²) < 4.78 is 31.0. The van der Waals surface area contributed by atoms with Gasteiger partial charge in [0.1, 0.15) is 17.4 Å². The lowest BCUT2D eigenvalue weighted by Gasteiger charge is -2.17. The van der Waals surface area contributed by atoms with Crippen LogP contribution in [0.4, 0.5) is 14.5 Å². The zero-order valence-electron chi connectivity index (χ0n) is 14.4. The van der Waals surface area contributed by atoms with Crippen LogP contribution >= 0.6 is 0 Å². The van der Waals surface area contributed by atoms with Crippen molar-refractivity contribution < 1.29 is 32.8 Å². The molecule has 0 unspecified atom stereocenters. The van der Waals surface area contributed by atoms with Gasteiger partial charge in [-0.15, -0.1) is 0 Å². The zero-order valence-corrected chi connectivity index (χ0v) is 14.4. The molecule has 0 bridgehead atoms. The van der Waals surface area contributed by atoms with Gasteiger partial charge in [0.2, 0.25) is 6.54 Å². The van der Waals surface area contributed by atoms with Crippen LogP contribution in [0, 0.1) is 39.5 Å². The van der Waals surface area contributed by atoms with Crippen LogP contribution in [-0.4, -0.2) is 35.7 Å². The maximum atomic E-state index is 13.5. The predicted molar refractivity (Wildman–Crippen MR) is 88.2 cm³/mol. The Morgan fingerprint density at radius 2 is 2.07 bits per heavy atom. The average Bonchev–Trinajstić information content (AvgIpc) is 2.82. The topological polar surface area (TPSA) is 116 Å². The van der Waals surface area contributed by atoms with E-state index in [0.29, 0.717) is 6.07 Å². The van der Waals surface area contributed by atoms with E-state index in [9.17, 15) is 33.3 Å². The molecular formula is C17H18F2N2O6. The molecule has 1 fully saturated rings. The highest BCUT2D eigenvalue weighted by Gasteiger charge is 2.44. The van der Waals surface area contributed by atoms with Crippen molar-refractivity contribution >= 4 is 23.3 Å². The fourth-order valence-corrected chi connectivity index (χ4v) is 3.16. The van der Waals surface area contributed by atoms with Crippen molar-refractivity contribution in [3.63, 3.8) is 0 Å². The number of ketones is 1. The monoisotopic (exact) mass is 384 g/mol. The summed E-state index contributed by atoms with van der Waals surface area (Å²) >= 11 is 0. The van der Waals surface area contributed by atoms with Gasteiger partial charge in [-0.2, -0.15) is 0 Å². The molecule has 1 N–H and O–H groups in total. The molecule has 1 amide bonds. The zero-order chi connectivity index (χ0) is 20.1. The Bertz CT molecular complexity index is 770. The SMILES string of the molecule is C[C@@H]1CC(=O)[C@@H](CC(=O)OCC(=O)Nc2ccc(F)cc2F)[C@@H]1C[N+](=O)[O-]. The van der Waals surface area contributed by atoms with Gasteiger partial charge in [-0.3, -0.25) is 24.5 Å². The summed E-state index contributed by atoms with van der Waals surface area (Å²) in [6.45, 7) is 0.559. The molecule has 0 heterocycles. The van der Waals surface area contributed by atoms with E-state index >= 15 is 0 Å². The highest BCUT2D eigenvalue weighted by molar-refractivity contribution is 5.93. The van der Waals surface area contributed by atoms with Gasteiger partial charge in [0.15, 0.2) is 6.61 Å². The standard InChI is InChI=1S/C17H18F2N2O6/c1-9-4-15(22)11(12(9)7-21(25)26)6-17(24)27-8-16(23)20-14-3-2-10(18)5-13(14)19/h2-3,5,9,11-12H,4,6-8H2,1H3,(H,20,23)/t9-,11+,12-/m1/s1. The minimum absolute atomic E-state index is 0.154. The number of ether oxygens (including phenoxy) is 1. The molecule has 1 aliphatic rings. The summed E-state index contributed by atoms with van der Waals surface area (Å²) in [7, 11) is 0. The van der Waals surface area contributed by atoms with Gasteiger partial charge in [0, 0.05) is 29.2 Å². The third-order valence-corrected chi connectivity index (χ3v) is 4.50. The molecule has 1 aromatic rings. The van der Waals surface area contributed by atoms with Gasteiger partial charge in [-0.05, 0) is 18.1 Å². The van der Waals surface area contributed by atoms with Crippen molar-refractivity contribution in [2.45, 2.75) is 19.8 Å². The normalized spacial score (nSPS) is 21.7. The van der Waals surface area contributed by atoms with Gasteiger partial charge < -0.3 is 10.1 Å². The van der Waals surface area contributed by atoms with Crippen LogP contribution in [0.3, 0.4) is 0 Å². The molecule has 1 aromatic carbocycles. The number of halogens is 2. The van der Waals surface area contributed by atoms with E-state index in [4.69, 9.17) is 4.74 Å². The molecule has 146 valence electrons. The Labute approximate surface area is 153 Å². The van der Waals surface area contributed by atoms with Crippen molar-refractivity contribution in [1.29, 1.82) is 0 Å². The van der Waals surface area contributed by atoms with Crippen LogP contribution in [0.1, 0.15) is 19.8 Å². The molecule has 0 radical (unpaired) electrons. The molecule has 2 rings (SSSR count). The van der Waals surface area contributed by atoms with Crippen LogP contribution in [0.2, 0.25) is 0 Å². The van der Waals surface area contributed by atoms with E-state index in [2.05, 4.69) is 5.32 Å². The second-order valence-corrected chi connectivity index (χ2v) is 6.47. The molecule has 1 aliphatic carbocycles. The van der Waals surface area contributed by atoms with Crippen LogP contribution in [0.15, 0.2) is 18.2 Å². The molecular weight excluding hydrogens is 366 g/mol. The van der Waals surface area contributed by atoms with Crippen molar-refractivity contribution in [3.05, 3.63) is 39.9 Å². The highest BCUT2D eigenvalue weighted by Crippen LogP contribution is 2.36. The smallest absolute Gasteiger partial charge is 0.307 e. The maximum Gasteiger partial charge on any atom is 0.307 e. The number of hydrogen-bond acceptors (Lipinski definition) is 6. The fourth-order valence-electron chi connectivity index (χ4n) is 3.16. The number of carbonyl (C=O) groups excluding carboxylic acids is 3. The number of hydrogen-bond donors (Lipinski definition) is 1. The Hall–Kier alpha value is -2.91. The number of nitro groups is 1. The maximum absolute atomic E-state index is 13.5. The Morgan fingerprint density at radius 1 is 1.37 bits per heavy atom. The van der Waals surface area contributed by atoms with E-state index in [-0.39, 0.29) is 30.2 Å². The first-order valence-electron chi connectivity index (χ1n) is 8.22. The lowest BCUT2D eigenvalue weighted by atomic mass is 9.88. The lowest BCUT2D eigenvalue weighted by molar-refractivity contribution is -0.490. The molecule has 0 saturated heterocycles. The molecule has 0 aromatic heterocycles. The van der Waals surface area contributed by atoms with Crippen LogP contribution in [0.25, 0.3) is 0 Å². The Morgan fingerprint density at radius 3 is 2.70 bits per heavy atom. The first kappa shape index (κ1) is 20.4. The molecule has 8 nitrogen and oxygen atoms in total. The number of Topliss-reactive ketones (excluding diaryl/α,β-unsaturated/α-hetero) is 1. The first-order valence-corrected chi connectivity index (χ1v) is 8.22. The van der Waals surface area contributed by atoms with Gasteiger partial charge in [-0.1, -0.05) is 6.92 Å². The molecule has 0 aliphatic heterocycles. The van der Waals surface area contributed by atoms with Crippen molar-refractivity contribution in [2.24, 2.45) is 17.8 Å². The van der Waals surface area contributed by atoms with Gasteiger partial charge in [0.25, 0.3) is 5.91 Å². The fraction of sp³-hybridized carbons (Fsp3) is 0.471. The summed E-state index contributed by atoms with van der Waals surface area (Å²) in [5.74, 6) is -5.35. The van der Waals surface area contributed by atoms with E-state index in [1.807, 2.05) is 0 Å². The number of esters is 1. The first-order chi connectivity index (χ1) is 12.7. The summed E-state index contributed by atoms with van der Waals surface area (Å²) in [6.07, 6.45) is -0.208. The quantitative estimate of drug-likeness (QED) is 0.436. The Kier molecular flexibility index (Phi) is 6.54. The van der Waals surface area contributed by atoms with E-state index in [1.165, 1.54) is 0 Å². The second kappa shape index (κ2) is 8.65. The molecule has 1 saturated carbocycles. The minimum atomic E-state index is -0.983. The van der Waals surface area contributed by atoms with Crippen molar-refractivity contribution in [2.75, 3.05) is 18.5 Å². The van der Waals surface area contributed by atoms with Gasteiger partial charge in [0.05, 0.1) is 12.1 Å². The summed E-state index contributed by atoms with van der Waals surface area (Å²) in [5.41, 5.74) is -0.275. The molecule has 3 atom stereocenters. The summed E-state index contributed by atoms with van der Waals surface area (Å²) in [6, 6.07) is 2.56. The van der Waals surface area contributed by atoms with E-state index in [0.717, 1.165) is 12.1 Å². The molecule has 10 heteroatoms. The Balaban J connectivity index is 1.86. The van der Waals surface area contributed by atoms with E-state index < -0.39 is 53.4 Å². The summed E-state index contributed by atoms with van der Waals surface area (Å²) in [5, 5.41) is 12.9. The number of carbonyl (C=O) groups is 3. The largest absolute Gasteiger partial charge is 0.456 e. The molecule has 27 heavy (non-hydrogen) atoms. The number of nitrogens with zero attached hydrogens (tertiary/aromatic N) is 1. The number of amides is 1. The second-order valence-electron chi connectivity index (χ2n) is 6.47. The van der Waals surface area contributed by atoms with E-state index in [1.54, 1.807) is 6.92 Å². The number of benzene rings is 1. The summed E-state index contributed by atoms with van der Waals surface area (Å²) in [4.78, 5) is 45.8.